The highest BCUT2D eigenvalue weighted by atomic mass is 16.5. The Morgan fingerprint density at radius 1 is 1.00 bits per heavy atom. The largest absolute Gasteiger partial charge is 0.494 e. The van der Waals surface area contributed by atoms with Gasteiger partial charge in [0.1, 0.15) is 11.5 Å². The molecule has 4 nitrogen and oxygen atoms in total. The minimum absolute atomic E-state index is 0.0540. The lowest BCUT2D eigenvalue weighted by Crippen LogP contribution is -2.18. The molecular formula is C17H22N2O2. The Balaban J connectivity index is 2.30. The second kappa shape index (κ2) is 7.64. The number of benzene rings is 1. The molecule has 0 amide bonds. The van der Waals surface area contributed by atoms with E-state index in [1.165, 1.54) is 0 Å². The van der Waals surface area contributed by atoms with E-state index in [9.17, 15) is 0 Å². The summed E-state index contributed by atoms with van der Waals surface area (Å²) in [6.45, 7) is 5.25. The summed E-state index contributed by atoms with van der Waals surface area (Å²) in [6.07, 6.45) is 3.59. The number of pyridine rings is 1. The van der Waals surface area contributed by atoms with E-state index < -0.39 is 0 Å². The predicted octanol–water partition coefficient (Wildman–Crippen LogP) is 3.19. The van der Waals surface area contributed by atoms with Crippen LogP contribution in [-0.2, 0) is 0 Å². The molecule has 0 aliphatic carbocycles. The van der Waals surface area contributed by atoms with Crippen molar-refractivity contribution in [1.29, 1.82) is 0 Å². The first-order chi connectivity index (χ1) is 10.3. The van der Waals surface area contributed by atoms with Crippen LogP contribution in [0.25, 0.3) is 0 Å². The summed E-state index contributed by atoms with van der Waals surface area (Å²) in [5, 5.41) is 3.32. The first-order valence-corrected chi connectivity index (χ1v) is 7.26. The second-order valence-corrected chi connectivity index (χ2v) is 4.61. The number of rotatable bonds is 7. The third-order valence-electron chi connectivity index (χ3n) is 3.17. The zero-order valence-corrected chi connectivity index (χ0v) is 12.8. The Bertz CT molecular complexity index is 523. The van der Waals surface area contributed by atoms with Crippen LogP contribution in [0, 0.1) is 0 Å². The van der Waals surface area contributed by atoms with Gasteiger partial charge in [-0.05, 0) is 50.2 Å². The van der Waals surface area contributed by atoms with Crippen molar-refractivity contribution in [2.24, 2.45) is 0 Å². The molecule has 4 heteroatoms. The van der Waals surface area contributed by atoms with Gasteiger partial charge in [0.15, 0.2) is 0 Å². The van der Waals surface area contributed by atoms with Gasteiger partial charge in [-0.1, -0.05) is 12.1 Å². The highest BCUT2D eigenvalue weighted by Crippen LogP contribution is 2.26. The Labute approximate surface area is 126 Å². The van der Waals surface area contributed by atoms with E-state index in [1.54, 1.807) is 6.20 Å². The van der Waals surface area contributed by atoms with Gasteiger partial charge in [-0.15, -0.1) is 0 Å². The standard InChI is InChI=1S/C17H22N2O2/c1-4-20-15-8-6-7-13(9-15)17(18-3)14-10-16(21-5-2)12-19-11-14/h6-12,17-18H,4-5H2,1-3H3. The van der Waals surface area contributed by atoms with Gasteiger partial charge < -0.3 is 14.8 Å². The molecular weight excluding hydrogens is 264 g/mol. The van der Waals surface area contributed by atoms with Crippen LogP contribution in [0.15, 0.2) is 42.7 Å². The lowest BCUT2D eigenvalue weighted by molar-refractivity contribution is 0.338. The van der Waals surface area contributed by atoms with Crippen LogP contribution >= 0.6 is 0 Å². The van der Waals surface area contributed by atoms with E-state index >= 15 is 0 Å². The molecule has 1 heterocycles. The van der Waals surface area contributed by atoms with Gasteiger partial charge >= 0.3 is 0 Å². The molecule has 1 atom stereocenters. The lowest BCUT2D eigenvalue weighted by atomic mass is 10.00. The van der Waals surface area contributed by atoms with Crippen molar-refractivity contribution >= 4 is 0 Å². The molecule has 0 radical (unpaired) electrons. The lowest BCUT2D eigenvalue weighted by Gasteiger charge is -2.18. The first-order valence-electron chi connectivity index (χ1n) is 7.26. The van der Waals surface area contributed by atoms with Crippen molar-refractivity contribution in [1.82, 2.24) is 10.3 Å². The fourth-order valence-electron chi connectivity index (χ4n) is 2.32. The predicted molar refractivity (Wildman–Crippen MR) is 83.9 cm³/mol. The average molecular weight is 286 g/mol. The van der Waals surface area contributed by atoms with E-state index in [4.69, 9.17) is 9.47 Å². The van der Waals surface area contributed by atoms with Crippen LogP contribution in [0.1, 0.15) is 31.0 Å². The van der Waals surface area contributed by atoms with Crippen molar-refractivity contribution in [3.63, 3.8) is 0 Å². The number of nitrogens with one attached hydrogen (secondary N) is 1. The fraction of sp³-hybridized carbons (Fsp3) is 0.353. The van der Waals surface area contributed by atoms with Crippen molar-refractivity contribution in [3.05, 3.63) is 53.9 Å². The highest BCUT2D eigenvalue weighted by Gasteiger charge is 2.14. The minimum Gasteiger partial charge on any atom is -0.494 e. The summed E-state index contributed by atoms with van der Waals surface area (Å²) in [5.74, 6) is 1.67. The maximum Gasteiger partial charge on any atom is 0.137 e. The van der Waals surface area contributed by atoms with Crippen molar-refractivity contribution in [2.75, 3.05) is 20.3 Å². The zero-order chi connectivity index (χ0) is 15.1. The third-order valence-corrected chi connectivity index (χ3v) is 3.17. The molecule has 0 aliphatic rings. The van der Waals surface area contributed by atoms with E-state index in [0.717, 1.165) is 22.6 Å². The van der Waals surface area contributed by atoms with Crippen LogP contribution in [0.5, 0.6) is 11.5 Å². The Morgan fingerprint density at radius 2 is 1.71 bits per heavy atom. The smallest absolute Gasteiger partial charge is 0.137 e. The summed E-state index contributed by atoms with van der Waals surface area (Å²) < 4.78 is 11.1. The quantitative estimate of drug-likeness (QED) is 0.849. The molecule has 1 aromatic heterocycles. The van der Waals surface area contributed by atoms with Crippen LogP contribution in [0.3, 0.4) is 0 Å². The number of ether oxygens (including phenoxy) is 2. The third kappa shape index (κ3) is 3.95. The van der Waals surface area contributed by atoms with Crippen LogP contribution in [0.2, 0.25) is 0 Å². The molecule has 1 unspecified atom stereocenters. The van der Waals surface area contributed by atoms with Crippen molar-refractivity contribution in [2.45, 2.75) is 19.9 Å². The monoisotopic (exact) mass is 286 g/mol. The summed E-state index contributed by atoms with van der Waals surface area (Å²) >= 11 is 0. The Hall–Kier alpha value is -2.07. The molecule has 0 fully saturated rings. The Kier molecular flexibility index (Phi) is 5.58. The van der Waals surface area contributed by atoms with Gasteiger partial charge in [-0.3, -0.25) is 4.98 Å². The Morgan fingerprint density at radius 3 is 2.43 bits per heavy atom. The molecule has 2 aromatic rings. The summed E-state index contributed by atoms with van der Waals surface area (Å²) in [6, 6.07) is 10.2. The highest BCUT2D eigenvalue weighted by molar-refractivity contribution is 5.37. The van der Waals surface area contributed by atoms with Gasteiger partial charge in [0, 0.05) is 6.20 Å². The summed E-state index contributed by atoms with van der Waals surface area (Å²) in [7, 11) is 1.94. The normalized spacial score (nSPS) is 12.0. The molecule has 21 heavy (non-hydrogen) atoms. The van der Waals surface area contributed by atoms with E-state index in [2.05, 4.69) is 22.4 Å². The number of aromatic nitrogens is 1. The second-order valence-electron chi connectivity index (χ2n) is 4.61. The van der Waals surface area contributed by atoms with Gasteiger partial charge in [-0.2, -0.15) is 0 Å². The fourth-order valence-corrected chi connectivity index (χ4v) is 2.32. The maximum atomic E-state index is 5.57. The molecule has 0 aliphatic heterocycles. The molecule has 0 bridgehead atoms. The molecule has 2 rings (SSSR count). The minimum atomic E-state index is 0.0540. The van der Waals surface area contributed by atoms with Gasteiger partial charge in [0.25, 0.3) is 0 Å². The SMILES string of the molecule is CCOc1cccc(C(NC)c2cncc(OCC)c2)c1. The van der Waals surface area contributed by atoms with Crippen molar-refractivity contribution < 1.29 is 9.47 Å². The molecule has 0 saturated heterocycles. The summed E-state index contributed by atoms with van der Waals surface area (Å²) in [4.78, 5) is 4.26. The number of hydrogen-bond acceptors (Lipinski definition) is 4. The van der Waals surface area contributed by atoms with Crippen molar-refractivity contribution in [3.8, 4) is 11.5 Å². The molecule has 0 saturated carbocycles. The maximum absolute atomic E-state index is 5.57. The molecule has 1 N–H and O–H groups in total. The molecule has 1 aromatic carbocycles. The van der Waals surface area contributed by atoms with E-state index in [-0.39, 0.29) is 6.04 Å². The van der Waals surface area contributed by atoms with Crippen LogP contribution < -0.4 is 14.8 Å². The zero-order valence-electron chi connectivity index (χ0n) is 12.8. The van der Waals surface area contributed by atoms with Gasteiger partial charge in [0.2, 0.25) is 0 Å². The van der Waals surface area contributed by atoms with E-state index in [0.29, 0.717) is 13.2 Å². The number of nitrogens with zero attached hydrogens (tertiary/aromatic N) is 1. The van der Waals surface area contributed by atoms with Gasteiger partial charge in [0.05, 0.1) is 25.5 Å². The topological polar surface area (TPSA) is 43.4 Å². The van der Waals surface area contributed by atoms with E-state index in [1.807, 2.05) is 45.3 Å². The summed E-state index contributed by atoms with van der Waals surface area (Å²) in [5.41, 5.74) is 2.20. The first kappa shape index (κ1) is 15.3. The van der Waals surface area contributed by atoms with Crippen LogP contribution in [0.4, 0.5) is 0 Å². The molecule has 112 valence electrons. The van der Waals surface area contributed by atoms with Crippen LogP contribution in [-0.4, -0.2) is 25.2 Å². The molecule has 0 spiro atoms. The average Bonchev–Trinajstić information content (AvgIpc) is 2.50. The number of hydrogen-bond donors (Lipinski definition) is 1. The van der Waals surface area contributed by atoms with Gasteiger partial charge in [-0.25, -0.2) is 0 Å².